The van der Waals surface area contributed by atoms with Crippen LogP contribution in [0.5, 0.6) is 0 Å². The Balaban J connectivity index is 1.85. The number of nitrogens with zero attached hydrogens (tertiary/aromatic N) is 2. The van der Waals surface area contributed by atoms with Crippen LogP contribution in [0.1, 0.15) is 27.2 Å². The first-order chi connectivity index (χ1) is 12.0. The summed E-state index contributed by atoms with van der Waals surface area (Å²) in [5.41, 5.74) is 7.87. The third-order valence-corrected chi connectivity index (χ3v) is 4.49. The van der Waals surface area contributed by atoms with Crippen LogP contribution >= 0.6 is 11.3 Å². The maximum absolute atomic E-state index is 12.5. The number of hydrogen-bond acceptors (Lipinski definition) is 5. The molecule has 2 aromatic heterocycles. The Bertz CT molecular complexity index is 915. The van der Waals surface area contributed by atoms with Gasteiger partial charge in [-0.1, -0.05) is 30.3 Å². The molecule has 7 heteroatoms. The summed E-state index contributed by atoms with van der Waals surface area (Å²) in [6, 6.07) is 10.4. The van der Waals surface area contributed by atoms with Crippen molar-refractivity contribution in [3.8, 4) is 11.3 Å². The lowest BCUT2D eigenvalue weighted by molar-refractivity contribution is -0.127. The number of amides is 1. The summed E-state index contributed by atoms with van der Waals surface area (Å²) in [5, 5.41) is 2.87. The summed E-state index contributed by atoms with van der Waals surface area (Å²) in [5.74, 6) is -1.34. The molecule has 0 fully saturated rings. The summed E-state index contributed by atoms with van der Waals surface area (Å²) in [6.45, 7) is 1.92. The van der Waals surface area contributed by atoms with Gasteiger partial charge in [0.15, 0.2) is 0 Å². The van der Waals surface area contributed by atoms with E-state index in [1.165, 1.54) is 11.3 Å². The van der Waals surface area contributed by atoms with Crippen LogP contribution in [0.25, 0.3) is 11.3 Å². The number of thiazole rings is 1. The van der Waals surface area contributed by atoms with Crippen LogP contribution in [0.2, 0.25) is 0 Å². The van der Waals surface area contributed by atoms with E-state index in [2.05, 4.69) is 4.98 Å². The minimum absolute atomic E-state index is 0.322. The second-order valence-electron chi connectivity index (χ2n) is 5.58. The van der Waals surface area contributed by atoms with Gasteiger partial charge in [0.25, 0.3) is 5.91 Å². The van der Waals surface area contributed by atoms with Gasteiger partial charge in [-0.15, -0.1) is 11.3 Å². The Morgan fingerprint density at radius 3 is 2.60 bits per heavy atom. The number of hydrogen-bond donors (Lipinski definition) is 1. The predicted octanol–water partition coefficient (Wildman–Crippen LogP) is 2.84. The molecule has 0 spiro atoms. The summed E-state index contributed by atoms with van der Waals surface area (Å²) in [7, 11) is 1.74. The highest BCUT2D eigenvalue weighted by Gasteiger charge is 2.25. The molecule has 3 aromatic rings. The molecule has 0 aliphatic heterocycles. The molecular formula is C18H17N3O3S. The molecule has 1 atom stereocenters. The summed E-state index contributed by atoms with van der Waals surface area (Å²) < 4.78 is 7.02. The van der Waals surface area contributed by atoms with E-state index in [1.54, 1.807) is 48.1 Å². The number of aryl methyl sites for hydroxylation is 2. The van der Waals surface area contributed by atoms with Crippen LogP contribution < -0.4 is 5.73 Å². The van der Waals surface area contributed by atoms with Crippen LogP contribution in [0.4, 0.5) is 0 Å². The van der Waals surface area contributed by atoms with Gasteiger partial charge >= 0.3 is 5.97 Å². The zero-order valence-corrected chi connectivity index (χ0v) is 14.6. The number of aromatic nitrogens is 2. The molecule has 25 heavy (non-hydrogen) atoms. The number of ether oxygens (including phenoxy) is 1. The molecule has 0 saturated heterocycles. The largest absolute Gasteiger partial charge is 0.443 e. The normalized spacial score (nSPS) is 11.9. The van der Waals surface area contributed by atoms with Gasteiger partial charge in [0.2, 0.25) is 6.10 Å². The van der Waals surface area contributed by atoms with Crippen LogP contribution in [-0.2, 0) is 16.6 Å². The SMILES string of the molecule is Cc1nc(-c2cc(C(=O)OC(C(N)=O)c3ccccc3)n(C)c2)cs1. The smallest absolute Gasteiger partial charge is 0.356 e. The average molecular weight is 355 g/mol. The topological polar surface area (TPSA) is 87.2 Å². The summed E-state index contributed by atoms with van der Waals surface area (Å²) in [4.78, 5) is 28.7. The lowest BCUT2D eigenvalue weighted by Crippen LogP contribution is -2.26. The van der Waals surface area contributed by atoms with E-state index >= 15 is 0 Å². The van der Waals surface area contributed by atoms with Gasteiger partial charge in [-0.05, 0) is 13.0 Å². The Morgan fingerprint density at radius 2 is 2.00 bits per heavy atom. The first-order valence-corrected chi connectivity index (χ1v) is 8.48. The second kappa shape index (κ2) is 6.90. The minimum Gasteiger partial charge on any atom is -0.443 e. The molecule has 2 heterocycles. The number of primary amides is 1. The Hall–Kier alpha value is -2.93. The average Bonchev–Trinajstić information content (AvgIpc) is 3.18. The van der Waals surface area contributed by atoms with E-state index in [0.717, 1.165) is 16.3 Å². The van der Waals surface area contributed by atoms with Gasteiger partial charge in [-0.25, -0.2) is 9.78 Å². The standard InChI is InChI=1S/C18H17N3O3S/c1-11-20-14(10-25-11)13-8-15(21(2)9-13)18(23)24-16(17(19)22)12-6-4-3-5-7-12/h3-10,16H,1-2H3,(H2,19,22). The lowest BCUT2D eigenvalue weighted by Gasteiger charge is -2.15. The summed E-state index contributed by atoms with van der Waals surface area (Å²) >= 11 is 1.54. The van der Waals surface area contributed by atoms with E-state index in [0.29, 0.717) is 11.3 Å². The maximum Gasteiger partial charge on any atom is 0.356 e. The van der Waals surface area contributed by atoms with Crippen molar-refractivity contribution in [2.24, 2.45) is 12.8 Å². The van der Waals surface area contributed by atoms with Crippen molar-refractivity contribution in [1.29, 1.82) is 0 Å². The third-order valence-electron chi connectivity index (χ3n) is 3.71. The van der Waals surface area contributed by atoms with E-state index in [-0.39, 0.29) is 0 Å². The molecular weight excluding hydrogens is 338 g/mol. The van der Waals surface area contributed by atoms with E-state index in [4.69, 9.17) is 10.5 Å². The molecule has 2 N–H and O–H groups in total. The molecule has 6 nitrogen and oxygen atoms in total. The molecule has 1 aromatic carbocycles. The number of rotatable bonds is 5. The first kappa shape index (κ1) is 16.9. The van der Waals surface area contributed by atoms with Gasteiger partial charge in [-0.3, -0.25) is 4.79 Å². The van der Waals surface area contributed by atoms with Crippen molar-refractivity contribution in [3.05, 3.63) is 64.2 Å². The molecule has 128 valence electrons. The van der Waals surface area contributed by atoms with Gasteiger partial charge in [0, 0.05) is 29.8 Å². The number of carbonyl (C=O) groups is 2. The number of nitrogens with two attached hydrogens (primary N) is 1. The van der Waals surface area contributed by atoms with E-state index in [9.17, 15) is 9.59 Å². The van der Waals surface area contributed by atoms with Crippen molar-refractivity contribution in [2.45, 2.75) is 13.0 Å². The van der Waals surface area contributed by atoms with Crippen molar-refractivity contribution in [1.82, 2.24) is 9.55 Å². The highest BCUT2D eigenvalue weighted by Crippen LogP contribution is 2.25. The Kier molecular flexibility index (Phi) is 4.67. The highest BCUT2D eigenvalue weighted by molar-refractivity contribution is 7.09. The fourth-order valence-corrected chi connectivity index (χ4v) is 3.11. The third kappa shape index (κ3) is 3.61. The Morgan fingerprint density at radius 1 is 1.28 bits per heavy atom. The molecule has 1 unspecified atom stereocenters. The van der Waals surface area contributed by atoms with Gasteiger partial charge in [0.1, 0.15) is 5.69 Å². The quantitative estimate of drug-likeness (QED) is 0.713. The molecule has 3 rings (SSSR count). The van der Waals surface area contributed by atoms with Crippen LogP contribution in [-0.4, -0.2) is 21.4 Å². The molecule has 0 bridgehead atoms. The van der Waals surface area contributed by atoms with Crippen molar-refractivity contribution in [2.75, 3.05) is 0 Å². The first-order valence-electron chi connectivity index (χ1n) is 7.60. The molecule has 0 aliphatic rings. The fourth-order valence-electron chi connectivity index (χ4n) is 2.49. The van der Waals surface area contributed by atoms with Gasteiger partial charge in [0.05, 0.1) is 10.7 Å². The van der Waals surface area contributed by atoms with Crippen LogP contribution in [0, 0.1) is 6.92 Å². The zero-order valence-electron chi connectivity index (χ0n) is 13.8. The van der Waals surface area contributed by atoms with Crippen LogP contribution in [0.3, 0.4) is 0 Å². The van der Waals surface area contributed by atoms with Crippen molar-refractivity contribution < 1.29 is 14.3 Å². The molecule has 0 saturated carbocycles. The molecule has 0 aliphatic carbocycles. The van der Waals surface area contributed by atoms with Crippen molar-refractivity contribution in [3.63, 3.8) is 0 Å². The van der Waals surface area contributed by atoms with E-state index < -0.39 is 18.0 Å². The monoisotopic (exact) mass is 355 g/mol. The minimum atomic E-state index is -1.13. The molecule has 1 amide bonds. The zero-order chi connectivity index (χ0) is 18.0. The summed E-state index contributed by atoms with van der Waals surface area (Å²) in [6.07, 6.45) is 0.668. The number of benzene rings is 1. The second-order valence-corrected chi connectivity index (χ2v) is 6.64. The maximum atomic E-state index is 12.5. The Labute approximate surface area is 148 Å². The van der Waals surface area contributed by atoms with Crippen LogP contribution in [0.15, 0.2) is 48.0 Å². The predicted molar refractivity (Wildman–Crippen MR) is 95.1 cm³/mol. The van der Waals surface area contributed by atoms with Crippen molar-refractivity contribution >= 4 is 23.2 Å². The highest BCUT2D eigenvalue weighted by atomic mass is 32.1. The fraction of sp³-hybridized carbons (Fsp3) is 0.167. The number of carbonyl (C=O) groups excluding carboxylic acids is 2. The number of esters is 1. The molecule has 0 radical (unpaired) electrons. The van der Waals surface area contributed by atoms with E-state index in [1.807, 2.05) is 18.4 Å². The van der Waals surface area contributed by atoms with Gasteiger partial charge < -0.3 is 15.0 Å². The lowest BCUT2D eigenvalue weighted by atomic mass is 10.1. The van der Waals surface area contributed by atoms with Gasteiger partial charge in [-0.2, -0.15) is 0 Å².